The van der Waals surface area contributed by atoms with Crippen LogP contribution in [-0.4, -0.2) is 39.1 Å². The van der Waals surface area contributed by atoms with Crippen molar-refractivity contribution in [3.05, 3.63) is 0 Å². The van der Waals surface area contributed by atoms with Gasteiger partial charge in [0.15, 0.2) is 0 Å². The second-order valence-electron chi connectivity index (χ2n) is 4.34. The average molecular weight is 286 g/mol. The van der Waals surface area contributed by atoms with Crippen LogP contribution in [0.25, 0.3) is 0 Å². The van der Waals surface area contributed by atoms with Crippen molar-refractivity contribution in [2.45, 2.75) is 38.5 Å². The van der Waals surface area contributed by atoms with Gasteiger partial charge in [-0.1, -0.05) is 6.92 Å². The lowest BCUT2D eigenvalue weighted by Crippen LogP contribution is -2.17. The number of thioether (sulfide) groups is 1. The monoisotopic (exact) mass is 286 g/mol. The number of hydrogen-bond donors (Lipinski definition) is 3. The summed E-state index contributed by atoms with van der Waals surface area (Å²) < 4.78 is 5.44. The van der Waals surface area contributed by atoms with Crippen LogP contribution in [0.1, 0.15) is 27.2 Å². The van der Waals surface area contributed by atoms with Crippen LogP contribution in [0, 0.1) is 0 Å². The van der Waals surface area contributed by atoms with Crippen LogP contribution < -0.4 is 21.3 Å². The van der Waals surface area contributed by atoms with E-state index in [1.165, 1.54) is 0 Å². The molecule has 1 atom stereocenters. The molecule has 1 aromatic rings. The normalized spacial score (nSPS) is 12.3. The Morgan fingerprint density at radius 1 is 1.21 bits per heavy atom. The van der Waals surface area contributed by atoms with Gasteiger partial charge in [0.05, 0.1) is 6.10 Å². The van der Waals surface area contributed by atoms with Gasteiger partial charge in [0.2, 0.25) is 11.9 Å². The molecule has 0 aromatic carbocycles. The van der Waals surface area contributed by atoms with Crippen LogP contribution in [-0.2, 0) is 0 Å². The van der Waals surface area contributed by atoms with E-state index in [2.05, 4.69) is 38.9 Å². The SMILES string of the molecule is CSC(C)CCNc1nc(NN)nc(OC(C)C)n1. The van der Waals surface area contributed by atoms with E-state index in [1.807, 2.05) is 25.6 Å². The average Bonchev–Trinajstić information content (AvgIpc) is 2.37. The van der Waals surface area contributed by atoms with Gasteiger partial charge in [-0.15, -0.1) is 0 Å². The number of nitrogen functional groups attached to an aromatic ring is 1. The summed E-state index contributed by atoms with van der Waals surface area (Å²) in [7, 11) is 0. The highest BCUT2D eigenvalue weighted by Gasteiger charge is 2.08. The van der Waals surface area contributed by atoms with E-state index >= 15 is 0 Å². The van der Waals surface area contributed by atoms with E-state index < -0.39 is 0 Å². The molecular weight excluding hydrogens is 264 g/mol. The molecule has 1 heterocycles. The van der Waals surface area contributed by atoms with Gasteiger partial charge in [-0.25, -0.2) is 5.84 Å². The smallest absolute Gasteiger partial charge is 0.323 e. The molecule has 7 nitrogen and oxygen atoms in total. The molecule has 1 rings (SSSR count). The molecule has 0 aliphatic rings. The predicted octanol–water partition coefficient (Wildman–Crippen LogP) is 1.50. The van der Waals surface area contributed by atoms with E-state index in [0.717, 1.165) is 13.0 Å². The molecule has 0 bridgehead atoms. The minimum Gasteiger partial charge on any atom is -0.461 e. The summed E-state index contributed by atoms with van der Waals surface area (Å²) in [5, 5.41) is 3.74. The van der Waals surface area contributed by atoms with Gasteiger partial charge in [0, 0.05) is 11.8 Å². The number of nitrogens with one attached hydrogen (secondary N) is 2. The minimum absolute atomic E-state index is 0.00242. The van der Waals surface area contributed by atoms with Crippen LogP contribution in [0.2, 0.25) is 0 Å². The molecule has 0 aliphatic carbocycles. The zero-order chi connectivity index (χ0) is 14.3. The second kappa shape index (κ2) is 8.00. The summed E-state index contributed by atoms with van der Waals surface area (Å²) in [5.74, 6) is 6.08. The van der Waals surface area contributed by atoms with Crippen LogP contribution in [0.5, 0.6) is 6.01 Å². The van der Waals surface area contributed by atoms with Gasteiger partial charge < -0.3 is 10.1 Å². The van der Waals surface area contributed by atoms with E-state index in [9.17, 15) is 0 Å². The highest BCUT2D eigenvalue weighted by atomic mass is 32.2. The molecule has 0 spiro atoms. The second-order valence-corrected chi connectivity index (χ2v) is 5.61. The predicted molar refractivity (Wildman–Crippen MR) is 79.5 cm³/mol. The first-order valence-electron chi connectivity index (χ1n) is 6.21. The van der Waals surface area contributed by atoms with Crippen molar-refractivity contribution in [3.8, 4) is 6.01 Å². The summed E-state index contributed by atoms with van der Waals surface area (Å²) in [5.41, 5.74) is 2.41. The fourth-order valence-electron chi connectivity index (χ4n) is 1.27. The molecular formula is C11H22N6OS. The number of aromatic nitrogens is 3. The highest BCUT2D eigenvalue weighted by molar-refractivity contribution is 7.99. The Hall–Kier alpha value is -1.28. The summed E-state index contributed by atoms with van der Waals surface area (Å²) in [4.78, 5) is 12.3. The van der Waals surface area contributed by atoms with Gasteiger partial charge in [-0.3, -0.25) is 5.43 Å². The Labute approximate surface area is 118 Å². The van der Waals surface area contributed by atoms with Crippen molar-refractivity contribution >= 4 is 23.7 Å². The number of anilines is 2. The molecule has 1 aromatic heterocycles. The standard InChI is InChI=1S/C11H22N6OS/c1-7(2)18-11-15-9(14-10(16-11)17-12)13-6-5-8(3)19-4/h7-8H,5-6,12H2,1-4H3,(H2,13,14,15,16,17). The van der Waals surface area contributed by atoms with E-state index in [-0.39, 0.29) is 18.1 Å². The number of hydrogen-bond acceptors (Lipinski definition) is 8. The molecule has 0 fully saturated rings. The maximum absolute atomic E-state index is 5.44. The lowest BCUT2D eigenvalue weighted by Gasteiger charge is -2.12. The molecule has 0 amide bonds. The van der Waals surface area contributed by atoms with Gasteiger partial charge in [-0.2, -0.15) is 26.7 Å². The fourth-order valence-corrected chi connectivity index (χ4v) is 1.62. The Kier molecular flexibility index (Phi) is 6.65. The van der Waals surface area contributed by atoms with E-state index in [0.29, 0.717) is 11.2 Å². The Balaban J connectivity index is 2.65. The quantitative estimate of drug-likeness (QED) is 0.488. The lowest BCUT2D eigenvalue weighted by atomic mass is 10.3. The Bertz CT molecular complexity index is 389. The Morgan fingerprint density at radius 2 is 1.89 bits per heavy atom. The third kappa shape index (κ3) is 5.93. The third-order valence-corrected chi connectivity index (χ3v) is 3.36. The van der Waals surface area contributed by atoms with E-state index in [4.69, 9.17) is 10.6 Å². The zero-order valence-corrected chi connectivity index (χ0v) is 12.6. The molecule has 19 heavy (non-hydrogen) atoms. The van der Waals surface area contributed by atoms with Crippen molar-refractivity contribution in [3.63, 3.8) is 0 Å². The zero-order valence-electron chi connectivity index (χ0n) is 11.8. The summed E-state index contributed by atoms with van der Waals surface area (Å²) in [6.45, 7) is 6.79. The molecule has 0 aliphatic heterocycles. The van der Waals surface area contributed by atoms with Crippen LogP contribution in [0.3, 0.4) is 0 Å². The first-order valence-corrected chi connectivity index (χ1v) is 7.50. The van der Waals surface area contributed by atoms with Crippen molar-refractivity contribution in [2.24, 2.45) is 5.84 Å². The van der Waals surface area contributed by atoms with Crippen molar-refractivity contribution in [1.29, 1.82) is 0 Å². The third-order valence-electron chi connectivity index (χ3n) is 2.32. The van der Waals surface area contributed by atoms with Crippen molar-refractivity contribution < 1.29 is 4.74 Å². The number of nitrogens with two attached hydrogens (primary N) is 1. The topological polar surface area (TPSA) is 98.0 Å². The number of hydrazine groups is 1. The Morgan fingerprint density at radius 3 is 2.47 bits per heavy atom. The highest BCUT2D eigenvalue weighted by Crippen LogP contribution is 2.13. The van der Waals surface area contributed by atoms with Crippen molar-refractivity contribution in [1.82, 2.24) is 15.0 Å². The molecule has 0 saturated carbocycles. The van der Waals surface area contributed by atoms with Gasteiger partial charge in [-0.05, 0) is 26.5 Å². The van der Waals surface area contributed by atoms with Crippen LogP contribution in [0.15, 0.2) is 0 Å². The van der Waals surface area contributed by atoms with E-state index in [1.54, 1.807) is 0 Å². The van der Waals surface area contributed by atoms with Crippen LogP contribution in [0.4, 0.5) is 11.9 Å². The van der Waals surface area contributed by atoms with Gasteiger partial charge in [0.25, 0.3) is 0 Å². The van der Waals surface area contributed by atoms with Crippen molar-refractivity contribution in [2.75, 3.05) is 23.5 Å². The molecule has 0 radical (unpaired) electrons. The number of nitrogens with zero attached hydrogens (tertiary/aromatic N) is 3. The largest absolute Gasteiger partial charge is 0.461 e. The summed E-state index contributed by atoms with van der Waals surface area (Å²) in [6.07, 6.45) is 3.12. The minimum atomic E-state index is -0.00242. The van der Waals surface area contributed by atoms with Crippen LogP contribution >= 0.6 is 11.8 Å². The molecule has 4 N–H and O–H groups in total. The fraction of sp³-hybridized carbons (Fsp3) is 0.727. The first kappa shape index (κ1) is 15.8. The maximum Gasteiger partial charge on any atom is 0.323 e. The summed E-state index contributed by atoms with van der Waals surface area (Å²) >= 11 is 1.83. The number of ether oxygens (including phenoxy) is 1. The number of rotatable bonds is 8. The molecule has 108 valence electrons. The van der Waals surface area contributed by atoms with Gasteiger partial charge in [0.1, 0.15) is 0 Å². The molecule has 0 saturated heterocycles. The van der Waals surface area contributed by atoms with Gasteiger partial charge >= 0.3 is 6.01 Å². The lowest BCUT2D eigenvalue weighted by molar-refractivity contribution is 0.222. The maximum atomic E-state index is 5.44. The summed E-state index contributed by atoms with van der Waals surface area (Å²) in [6, 6.07) is 0.262. The first-order chi connectivity index (χ1) is 9.05. The molecule has 1 unspecified atom stereocenters. The molecule has 8 heteroatoms.